The number of carbonyl (C=O) groups excluding carboxylic acids is 2. The number of nitrogens with zero attached hydrogens (tertiary/aromatic N) is 3. The molecule has 1 unspecified atom stereocenters. The highest BCUT2D eigenvalue weighted by molar-refractivity contribution is 7.14. The van der Waals surface area contributed by atoms with Crippen LogP contribution in [-0.4, -0.2) is 46.5 Å². The standard InChI is InChI=1S/C17H22N4O3S/c1-24-11-13-4-5-14(25-13)17(23)21-7-2-3-12(9-21)16-19-6-8-20(16)10-15(18)22/h4-6,8,12H,2-3,7,9-11H2,1H3,(H2,18,22). The Labute approximate surface area is 150 Å². The summed E-state index contributed by atoms with van der Waals surface area (Å²) in [5, 5.41) is 0. The van der Waals surface area contributed by atoms with E-state index in [9.17, 15) is 9.59 Å². The molecule has 1 atom stereocenters. The maximum absolute atomic E-state index is 12.8. The molecule has 7 nitrogen and oxygen atoms in total. The first-order valence-electron chi connectivity index (χ1n) is 8.24. The summed E-state index contributed by atoms with van der Waals surface area (Å²) in [7, 11) is 1.64. The maximum atomic E-state index is 12.8. The molecular formula is C17H22N4O3S. The van der Waals surface area contributed by atoms with Gasteiger partial charge in [-0.15, -0.1) is 11.3 Å². The van der Waals surface area contributed by atoms with Crippen LogP contribution in [0.15, 0.2) is 24.5 Å². The molecule has 8 heteroatoms. The number of nitrogens with two attached hydrogens (primary N) is 1. The number of likely N-dealkylation sites (tertiary alicyclic amines) is 1. The zero-order chi connectivity index (χ0) is 17.8. The highest BCUT2D eigenvalue weighted by atomic mass is 32.1. The summed E-state index contributed by atoms with van der Waals surface area (Å²) < 4.78 is 6.89. The van der Waals surface area contributed by atoms with Crippen molar-refractivity contribution in [2.75, 3.05) is 20.2 Å². The third-order valence-corrected chi connectivity index (χ3v) is 5.35. The van der Waals surface area contributed by atoms with Crippen LogP contribution in [0.5, 0.6) is 0 Å². The highest BCUT2D eigenvalue weighted by Gasteiger charge is 2.28. The summed E-state index contributed by atoms with van der Waals surface area (Å²) in [6, 6.07) is 3.79. The molecule has 2 N–H and O–H groups in total. The minimum Gasteiger partial charge on any atom is -0.379 e. The average molecular weight is 362 g/mol. The van der Waals surface area contributed by atoms with E-state index >= 15 is 0 Å². The molecule has 1 aliphatic heterocycles. The van der Waals surface area contributed by atoms with E-state index in [0.717, 1.165) is 35.0 Å². The number of ether oxygens (including phenoxy) is 1. The second kappa shape index (κ2) is 7.79. The van der Waals surface area contributed by atoms with E-state index in [4.69, 9.17) is 10.5 Å². The van der Waals surface area contributed by atoms with E-state index in [0.29, 0.717) is 13.2 Å². The Balaban J connectivity index is 1.71. The van der Waals surface area contributed by atoms with Crippen molar-refractivity contribution in [3.8, 4) is 0 Å². The Kier molecular flexibility index (Phi) is 5.50. The van der Waals surface area contributed by atoms with Gasteiger partial charge >= 0.3 is 0 Å². The number of rotatable bonds is 6. The molecule has 2 aromatic rings. The summed E-state index contributed by atoms with van der Waals surface area (Å²) in [6.45, 7) is 1.98. The molecular weight excluding hydrogens is 340 g/mol. The maximum Gasteiger partial charge on any atom is 0.263 e. The van der Waals surface area contributed by atoms with Crippen molar-refractivity contribution in [1.82, 2.24) is 14.5 Å². The topological polar surface area (TPSA) is 90.4 Å². The Bertz CT molecular complexity index is 755. The van der Waals surface area contributed by atoms with Gasteiger partial charge in [0.15, 0.2) is 0 Å². The number of methoxy groups -OCH3 is 1. The summed E-state index contributed by atoms with van der Waals surface area (Å²) in [5.74, 6) is 0.588. The van der Waals surface area contributed by atoms with Crippen LogP contribution in [-0.2, 0) is 22.7 Å². The molecule has 3 rings (SSSR count). The fourth-order valence-corrected chi connectivity index (χ4v) is 4.17. The van der Waals surface area contributed by atoms with Gasteiger partial charge in [0, 0.05) is 43.4 Å². The van der Waals surface area contributed by atoms with Crippen LogP contribution < -0.4 is 5.73 Å². The molecule has 3 heterocycles. The lowest BCUT2D eigenvalue weighted by atomic mass is 9.97. The van der Waals surface area contributed by atoms with Gasteiger partial charge in [0.05, 0.1) is 11.5 Å². The second-order valence-electron chi connectivity index (χ2n) is 6.17. The van der Waals surface area contributed by atoms with Gasteiger partial charge < -0.3 is 19.9 Å². The largest absolute Gasteiger partial charge is 0.379 e. The van der Waals surface area contributed by atoms with Crippen LogP contribution in [0, 0.1) is 0 Å². The van der Waals surface area contributed by atoms with Gasteiger partial charge in [-0.05, 0) is 25.0 Å². The van der Waals surface area contributed by atoms with Gasteiger partial charge in [-0.25, -0.2) is 4.98 Å². The molecule has 1 fully saturated rings. The number of carbonyl (C=O) groups is 2. The smallest absolute Gasteiger partial charge is 0.263 e. The Morgan fingerprint density at radius 2 is 2.28 bits per heavy atom. The summed E-state index contributed by atoms with van der Waals surface area (Å²) in [6.07, 6.45) is 5.29. The Hall–Kier alpha value is -2.19. The van der Waals surface area contributed by atoms with Crippen molar-refractivity contribution in [1.29, 1.82) is 0 Å². The van der Waals surface area contributed by atoms with Crippen molar-refractivity contribution in [2.24, 2.45) is 5.73 Å². The van der Waals surface area contributed by atoms with E-state index < -0.39 is 5.91 Å². The molecule has 0 saturated carbocycles. The predicted octanol–water partition coefficient (Wildman–Crippen LogP) is 1.60. The number of piperidine rings is 1. The first kappa shape index (κ1) is 17.6. The monoisotopic (exact) mass is 362 g/mol. The van der Waals surface area contributed by atoms with Crippen LogP contribution in [0.25, 0.3) is 0 Å². The molecule has 0 aromatic carbocycles. The van der Waals surface area contributed by atoms with E-state index in [1.165, 1.54) is 11.3 Å². The van der Waals surface area contributed by atoms with Crippen molar-refractivity contribution >= 4 is 23.2 Å². The number of primary amides is 1. The minimum absolute atomic E-state index is 0.0464. The van der Waals surface area contributed by atoms with Gasteiger partial charge in [-0.2, -0.15) is 0 Å². The summed E-state index contributed by atoms with van der Waals surface area (Å²) in [4.78, 5) is 32.0. The highest BCUT2D eigenvalue weighted by Crippen LogP contribution is 2.28. The molecule has 2 amide bonds. The lowest BCUT2D eigenvalue weighted by molar-refractivity contribution is -0.118. The minimum atomic E-state index is -0.396. The first-order chi connectivity index (χ1) is 12.1. The number of hydrogen-bond donors (Lipinski definition) is 1. The number of imidazole rings is 1. The number of amides is 2. The zero-order valence-corrected chi connectivity index (χ0v) is 15.0. The Morgan fingerprint density at radius 1 is 1.44 bits per heavy atom. The number of aromatic nitrogens is 2. The quantitative estimate of drug-likeness (QED) is 0.845. The molecule has 25 heavy (non-hydrogen) atoms. The van der Waals surface area contributed by atoms with E-state index in [2.05, 4.69) is 4.98 Å². The number of hydrogen-bond acceptors (Lipinski definition) is 5. The van der Waals surface area contributed by atoms with Gasteiger partial charge in [0.25, 0.3) is 5.91 Å². The molecule has 0 spiro atoms. The van der Waals surface area contributed by atoms with Crippen LogP contribution in [0.1, 0.15) is 39.1 Å². The lowest BCUT2D eigenvalue weighted by Crippen LogP contribution is -2.39. The number of thiophene rings is 1. The molecule has 1 aliphatic rings. The van der Waals surface area contributed by atoms with Gasteiger partial charge in [-0.3, -0.25) is 9.59 Å². The SMILES string of the molecule is COCc1ccc(C(=O)N2CCCC(c3nccn3CC(N)=O)C2)s1. The van der Waals surface area contributed by atoms with Crippen LogP contribution in [0.2, 0.25) is 0 Å². The third kappa shape index (κ3) is 4.08. The van der Waals surface area contributed by atoms with Crippen molar-refractivity contribution in [3.05, 3.63) is 40.1 Å². The van der Waals surface area contributed by atoms with E-state index in [1.807, 2.05) is 17.0 Å². The summed E-state index contributed by atoms with van der Waals surface area (Å²) >= 11 is 1.47. The molecule has 0 radical (unpaired) electrons. The third-order valence-electron chi connectivity index (χ3n) is 4.31. The van der Waals surface area contributed by atoms with Gasteiger partial charge in [-0.1, -0.05) is 0 Å². The predicted molar refractivity (Wildman–Crippen MR) is 94.3 cm³/mol. The normalized spacial score (nSPS) is 17.6. The van der Waals surface area contributed by atoms with E-state index in [-0.39, 0.29) is 18.4 Å². The Morgan fingerprint density at radius 3 is 3.04 bits per heavy atom. The molecule has 134 valence electrons. The van der Waals surface area contributed by atoms with Gasteiger partial charge in [0.1, 0.15) is 12.4 Å². The van der Waals surface area contributed by atoms with Crippen molar-refractivity contribution < 1.29 is 14.3 Å². The molecule has 2 aromatic heterocycles. The zero-order valence-electron chi connectivity index (χ0n) is 14.2. The second-order valence-corrected chi connectivity index (χ2v) is 7.34. The molecule has 1 saturated heterocycles. The first-order valence-corrected chi connectivity index (χ1v) is 9.06. The molecule has 0 bridgehead atoms. The van der Waals surface area contributed by atoms with Crippen LogP contribution in [0.4, 0.5) is 0 Å². The lowest BCUT2D eigenvalue weighted by Gasteiger charge is -2.32. The molecule has 0 aliphatic carbocycles. The van der Waals surface area contributed by atoms with E-state index in [1.54, 1.807) is 24.1 Å². The average Bonchev–Trinajstić information content (AvgIpc) is 3.24. The van der Waals surface area contributed by atoms with Gasteiger partial charge in [0.2, 0.25) is 5.91 Å². The van der Waals surface area contributed by atoms with Crippen LogP contribution in [0.3, 0.4) is 0 Å². The summed E-state index contributed by atoms with van der Waals surface area (Å²) in [5.41, 5.74) is 5.30. The fourth-order valence-electron chi connectivity index (χ4n) is 3.22. The van der Waals surface area contributed by atoms with Crippen molar-refractivity contribution in [2.45, 2.75) is 31.9 Å². The fraction of sp³-hybridized carbons (Fsp3) is 0.471. The van der Waals surface area contributed by atoms with Crippen LogP contribution >= 0.6 is 11.3 Å². The van der Waals surface area contributed by atoms with Crippen molar-refractivity contribution in [3.63, 3.8) is 0 Å².